The minimum absolute atomic E-state index is 0.409. The maximum absolute atomic E-state index is 8.25. The van der Waals surface area contributed by atoms with Gasteiger partial charge in [0.05, 0.1) is 17.7 Å². The van der Waals surface area contributed by atoms with Crippen molar-refractivity contribution in [3.63, 3.8) is 0 Å². The van der Waals surface area contributed by atoms with E-state index >= 15 is 0 Å². The van der Waals surface area contributed by atoms with Crippen molar-refractivity contribution in [1.82, 2.24) is 9.97 Å². The van der Waals surface area contributed by atoms with Gasteiger partial charge in [-0.1, -0.05) is 23.9 Å². The van der Waals surface area contributed by atoms with Crippen LogP contribution < -0.4 is 10.1 Å². The molecule has 0 radical (unpaired) electrons. The predicted molar refractivity (Wildman–Crippen MR) is 102 cm³/mol. The molecule has 0 saturated heterocycles. The van der Waals surface area contributed by atoms with Crippen molar-refractivity contribution in [2.75, 3.05) is 12.4 Å². The zero-order valence-electron chi connectivity index (χ0n) is 14.3. The SMILES string of the molecule is COc1ccc(CNc2ncnc3c2SC(=N)/C3=C(/C)C(C)=N)cc1. The molecule has 0 atom stereocenters. The standard InChI is InChI=1S/C18H19N5OS/c1-10(11(2)19)14-15-16(25-17(14)20)18(23-9-22-15)21-8-12-4-6-13(24-3)7-5-12/h4-7,9,19-20H,8H2,1-3H3,(H,21,22,23)/b14-10-,19-11?,20-17?. The van der Waals surface area contributed by atoms with E-state index in [0.717, 1.165) is 33.0 Å². The fourth-order valence-electron chi connectivity index (χ4n) is 2.50. The maximum atomic E-state index is 8.25. The number of methoxy groups -OCH3 is 1. The molecule has 0 fully saturated rings. The number of hydrogen-bond donors (Lipinski definition) is 3. The lowest BCUT2D eigenvalue weighted by molar-refractivity contribution is 0.414. The van der Waals surface area contributed by atoms with Crippen LogP contribution in [0.1, 0.15) is 25.1 Å². The Morgan fingerprint density at radius 3 is 2.56 bits per heavy atom. The molecule has 0 saturated carbocycles. The highest BCUT2D eigenvalue weighted by atomic mass is 32.2. The molecule has 2 heterocycles. The fourth-order valence-corrected chi connectivity index (χ4v) is 3.53. The number of aromatic nitrogens is 2. The van der Waals surface area contributed by atoms with Gasteiger partial charge in [0.2, 0.25) is 0 Å². The molecule has 0 spiro atoms. The average molecular weight is 353 g/mol. The lowest BCUT2D eigenvalue weighted by Crippen LogP contribution is -2.05. The minimum Gasteiger partial charge on any atom is -0.497 e. The van der Waals surface area contributed by atoms with Crippen LogP contribution in [0.3, 0.4) is 0 Å². The van der Waals surface area contributed by atoms with Crippen LogP contribution in [0.4, 0.5) is 5.82 Å². The fraction of sp³-hybridized carbons (Fsp3) is 0.222. The van der Waals surface area contributed by atoms with Crippen LogP contribution in [-0.4, -0.2) is 27.8 Å². The van der Waals surface area contributed by atoms with Crippen molar-refractivity contribution in [2.24, 2.45) is 0 Å². The van der Waals surface area contributed by atoms with E-state index in [9.17, 15) is 0 Å². The molecule has 0 amide bonds. The summed E-state index contributed by atoms with van der Waals surface area (Å²) in [6, 6.07) is 7.83. The topological polar surface area (TPSA) is 94.7 Å². The summed E-state index contributed by atoms with van der Waals surface area (Å²) in [7, 11) is 1.65. The van der Waals surface area contributed by atoms with E-state index in [2.05, 4.69) is 15.3 Å². The van der Waals surface area contributed by atoms with Crippen LogP contribution in [0.5, 0.6) is 5.75 Å². The normalized spacial score (nSPS) is 14.9. The summed E-state index contributed by atoms with van der Waals surface area (Å²) < 4.78 is 5.17. The molecule has 1 aromatic heterocycles. The summed E-state index contributed by atoms with van der Waals surface area (Å²) in [5.41, 5.74) is 3.78. The van der Waals surface area contributed by atoms with Gasteiger partial charge in [0.1, 0.15) is 22.9 Å². The van der Waals surface area contributed by atoms with Crippen molar-refractivity contribution >= 4 is 33.9 Å². The number of ether oxygens (including phenoxy) is 1. The lowest BCUT2D eigenvalue weighted by atomic mass is 10.0. The quantitative estimate of drug-likeness (QED) is 0.706. The van der Waals surface area contributed by atoms with Crippen LogP contribution in [0.15, 0.2) is 41.1 Å². The first kappa shape index (κ1) is 17.2. The number of anilines is 1. The molecule has 1 aliphatic heterocycles. The third-order valence-corrected chi connectivity index (χ3v) is 5.03. The lowest BCUT2D eigenvalue weighted by Gasteiger charge is -2.09. The Bertz CT molecular complexity index is 874. The summed E-state index contributed by atoms with van der Waals surface area (Å²) in [6.07, 6.45) is 1.50. The Hall–Kier alpha value is -2.67. The van der Waals surface area contributed by atoms with Crippen LogP contribution in [0.2, 0.25) is 0 Å². The molecule has 0 bridgehead atoms. The van der Waals surface area contributed by atoms with Crippen LogP contribution in [0.25, 0.3) is 5.57 Å². The van der Waals surface area contributed by atoms with Crippen LogP contribution >= 0.6 is 11.8 Å². The van der Waals surface area contributed by atoms with Gasteiger partial charge in [-0.25, -0.2) is 9.97 Å². The summed E-state index contributed by atoms with van der Waals surface area (Å²) in [5, 5.41) is 19.8. The summed E-state index contributed by atoms with van der Waals surface area (Å²) >= 11 is 1.33. The molecule has 0 aliphatic carbocycles. The van der Waals surface area contributed by atoms with Gasteiger partial charge in [0.25, 0.3) is 0 Å². The van der Waals surface area contributed by atoms with Gasteiger partial charge in [-0.15, -0.1) is 0 Å². The number of nitrogens with one attached hydrogen (secondary N) is 3. The summed E-state index contributed by atoms with van der Waals surface area (Å²) in [6.45, 7) is 4.19. The molecule has 1 aromatic carbocycles. The molecule has 3 N–H and O–H groups in total. The third kappa shape index (κ3) is 3.41. The highest BCUT2D eigenvalue weighted by Crippen LogP contribution is 2.44. The number of fused-ring (bicyclic) bond motifs is 1. The van der Waals surface area contributed by atoms with E-state index in [4.69, 9.17) is 15.6 Å². The molecule has 1 aliphatic rings. The van der Waals surface area contributed by atoms with Crippen LogP contribution in [-0.2, 0) is 6.54 Å². The first-order chi connectivity index (χ1) is 12.0. The zero-order chi connectivity index (χ0) is 18.0. The predicted octanol–water partition coefficient (Wildman–Crippen LogP) is 3.99. The van der Waals surface area contributed by atoms with Gasteiger partial charge >= 0.3 is 0 Å². The molecular formula is C18H19N5OS. The van der Waals surface area contributed by atoms with Gasteiger partial charge in [-0.2, -0.15) is 0 Å². The number of benzene rings is 1. The van der Waals surface area contributed by atoms with Crippen molar-refractivity contribution in [2.45, 2.75) is 25.3 Å². The van der Waals surface area contributed by atoms with E-state index in [1.54, 1.807) is 14.0 Å². The number of rotatable bonds is 5. The van der Waals surface area contributed by atoms with E-state index in [1.165, 1.54) is 18.1 Å². The summed E-state index contributed by atoms with van der Waals surface area (Å²) in [5.74, 6) is 1.53. The number of thioether (sulfide) groups is 1. The zero-order valence-corrected chi connectivity index (χ0v) is 15.1. The van der Waals surface area contributed by atoms with E-state index in [0.29, 0.717) is 23.1 Å². The Kier molecular flexibility index (Phi) is 4.85. The maximum Gasteiger partial charge on any atom is 0.144 e. The monoisotopic (exact) mass is 353 g/mol. The van der Waals surface area contributed by atoms with Gasteiger partial charge in [-0.05, 0) is 37.1 Å². The smallest absolute Gasteiger partial charge is 0.144 e. The molecule has 7 heteroatoms. The van der Waals surface area contributed by atoms with Crippen molar-refractivity contribution in [3.8, 4) is 5.75 Å². The molecule has 2 aromatic rings. The van der Waals surface area contributed by atoms with E-state index in [-0.39, 0.29) is 0 Å². The molecule has 0 unspecified atom stereocenters. The first-order valence-electron chi connectivity index (χ1n) is 7.76. The Balaban J connectivity index is 1.87. The second-order valence-electron chi connectivity index (χ2n) is 5.66. The first-order valence-corrected chi connectivity index (χ1v) is 8.58. The number of nitrogens with zero attached hydrogens (tertiary/aromatic N) is 2. The van der Waals surface area contributed by atoms with Crippen molar-refractivity contribution < 1.29 is 4.74 Å². The third-order valence-electron chi connectivity index (χ3n) is 4.03. The largest absolute Gasteiger partial charge is 0.497 e. The summed E-state index contributed by atoms with van der Waals surface area (Å²) in [4.78, 5) is 9.52. The van der Waals surface area contributed by atoms with E-state index < -0.39 is 0 Å². The van der Waals surface area contributed by atoms with Crippen molar-refractivity contribution in [1.29, 1.82) is 10.8 Å². The van der Waals surface area contributed by atoms with Crippen LogP contribution in [0, 0.1) is 10.8 Å². The molecule has 3 rings (SSSR count). The molecular weight excluding hydrogens is 334 g/mol. The highest BCUT2D eigenvalue weighted by Gasteiger charge is 2.29. The number of hydrogen-bond acceptors (Lipinski definition) is 7. The molecule has 128 valence electrons. The second-order valence-corrected chi connectivity index (χ2v) is 6.68. The van der Waals surface area contributed by atoms with E-state index in [1.807, 2.05) is 31.2 Å². The van der Waals surface area contributed by atoms with Gasteiger partial charge in [0, 0.05) is 17.8 Å². The van der Waals surface area contributed by atoms with Gasteiger partial charge < -0.3 is 15.5 Å². The Morgan fingerprint density at radius 2 is 1.92 bits per heavy atom. The van der Waals surface area contributed by atoms with Crippen molar-refractivity contribution in [3.05, 3.63) is 47.4 Å². The molecule has 6 nitrogen and oxygen atoms in total. The Labute approximate surface area is 150 Å². The minimum atomic E-state index is 0.409. The Morgan fingerprint density at radius 1 is 1.20 bits per heavy atom. The van der Waals surface area contributed by atoms with Gasteiger partial charge in [0.15, 0.2) is 0 Å². The van der Waals surface area contributed by atoms with Gasteiger partial charge in [-0.3, -0.25) is 5.41 Å². The second kappa shape index (κ2) is 7.06. The molecule has 25 heavy (non-hydrogen) atoms. The highest BCUT2D eigenvalue weighted by molar-refractivity contribution is 8.15. The average Bonchev–Trinajstić information content (AvgIpc) is 2.96. The number of allylic oxidation sites excluding steroid dienone is 1.